The summed E-state index contributed by atoms with van der Waals surface area (Å²) in [6.07, 6.45) is 0. The lowest BCUT2D eigenvalue weighted by Gasteiger charge is -2.17. The van der Waals surface area contributed by atoms with E-state index < -0.39 is 11.6 Å². The van der Waals surface area contributed by atoms with Crippen molar-refractivity contribution in [3.63, 3.8) is 0 Å². The van der Waals surface area contributed by atoms with Crippen LogP contribution in [0, 0.1) is 17.6 Å². The van der Waals surface area contributed by atoms with Crippen molar-refractivity contribution >= 4 is 15.9 Å². The van der Waals surface area contributed by atoms with Gasteiger partial charge in [-0.1, -0.05) is 29.8 Å². The van der Waals surface area contributed by atoms with E-state index in [1.54, 1.807) is 0 Å². The number of rotatable bonds is 6. The van der Waals surface area contributed by atoms with E-state index in [1.807, 2.05) is 0 Å². The van der Waals surface area contributed by atoms with Gasteiger partial charge in [-0.25, -0.2) is 4.39 Å². The van der Waals surface area contributed by atoms with E-state index >= 15 is 0 Å². The molecule has 0 aromatic heterocycles. The van der Waals surface area contributed by atoms with Crippen LogP contribution >= 0.6 is 15.9 Å². The fourth-order valence-electron chi connectivity index (χ4n) is 1.32. The molecule has 0 bridgehead atoms. The predicted molar refractivity (Wildman–Crippen MR) is 71.9 cm³/mol. The molecule has 1 unspecified atom stereocenters. The molecule has 0 aliphatic carbocycles. The maximum Gasteiger partial charge on any atom is 0.200 e. The van der Waals surface area contributed by atoms with Crippen LogP contribution in [-0.4, -0.2) is 19.2 Å². The van der Waals surface area contributed by atoms with Gasteiger partial charge in [0.1, 0.15) is 6.61 Å². The number of hydrogen-bond acceptors (Lipinski definition) is 2. The second kappa shape index (κ2) is 7.04. The van der Waals surface area contributed by atoms with Crippen LogP contribution in [0.5, 0.6) is 5.75 Å². The van der Waals surface area contributed by atoms with Crippen molar-refractivity contribution in [2.75, 3.05) is 13.2 Å². The molecule has 0 spiro atoms. The quantitative estimate of drug-likeness (QED) is 0.636. The fraction of sp³-hybridized carbons (Fsp3) is 0.538. The van der Waals surface area contributed by atoms with Gasteiger partial charge < -0.3 is 10.1 Å². The molecule has 5 heteroatoms. The molecule has 1 aromatic rings. The van der Waals surface area contributed by atoms with E-state index in [-0.39, 0.29) is 5.75 Å². The third-order valence-corrected chi connectivity index (χ3v) is 3.24. The van der Waals surface area contributed by atoms with E-state index in [1.165, 1.54) is 6.07 Å². The predicted octanol–water partition coefficient (Wildman–Crippen LogP) is 3.74. The maximum atomic E-state index is 13.4. The first kappa shape index (κ1) is 15.4. The summed E-state index contributed by atoms with van der Waals surface area (Å²) >= 11 is 3.10. The standard InChI is InChI=1S/C13H18BrF2NO/c1-8(2)9(3)17-4-5-18-12-7-10(14)6-11(15)13(12)16/h6-9,17H,4-5H2,1-3H3. The Morgan fingerprint density at radius 1 is 1.28 bits per heavy atom. The summed E-state index contributed by atoms with van der Waals surface area (Å²) in [6, 6.07) is 2.85. The summed E-state index contributed by atoms with van der Waals surface area (Å²) in [5.74, 6) is -1.41. The van der Waals surface area contributed by atoms with Gasteiger partial charge in [0, 0.05) is 17.1 Å². The van der Waals surface area contributed by atoms with Crippen LogP contribution in [0.25, 0.3) is 0 Å². The topological polar surface area (TPSA) is 21.3 Å². The lowest BCUT2D eigenvalue weighted by Crippen LogP contribution is -2.33. The van der Waals surface area contributed by atoms with Gasteiger partial charge in [-0.15, -0.1) is 0 Å². The molecule has 0 saturated heterocycles. The molecule has 1 aromatic carbocycles. The third-order valence-electron chi connectivity index (χ3n) is 2.79. The first-order chi connectivity index (χ1) is 8.41. The van der Waals surface area contributed by atoms with Crippen molar-refractivity contribution < 1.29 is 13.5 Å². The third kappa shape index (κ3) is 4.53. The normalized spacial score (nSPS) is 12.8. The zero-order valence-electron chi connectivity index (χ0n) is 10.8. The molecule has 1 rings (SSSR count). The lowest BCUT2D eigenvalue weighted by molar-refractivity contribution is 0.280. The van der Waals surface area contributed by atoms with E-state index in [0.717, 1.165) is 6.07 Å². The van der Waals surface area contributed by atoms with Crippen molar-refractivity contribution in [3.8, 4) is 5.75 Å². The number of benzene rings is 1. The molecular formula is C13H18BrF2NO. The highest BCUT2D eigenvalue weighted by atomic mass is 79.9. The van der Waals surface area contributed by atoms with Crippen LogP contribution in [0.15, 0.2) is 16.6 Å². The van der Waals surface area contributed by atoms with E-state index in [0.29, 0.717) is 29.6 Å². The Balaban J connectivity index is 2.45. The second-order valence-electron chi connectivity index (χ2n) is 4.54. The van der Waals surface area contributed by atoms with Gasteiger partial charge in [0.15, 0.2) is 11.6 Å². The SMILES string of the molecule is CC(C)C(C)NCCOc1cc(Br)cc(F)c1F. The van der Waals surface area contributed by atoms with Gasteiger partial charge in [-0.3, -0.25) is 0 Å². The van der Waals surface area contributed by atoms with Gasteiger partial charge in [-0.05, 0) is 25.0 Å². The first-order valence-corrected chi connectivity index (χ1v) is 6.72. The maximum absolute atomic E-state index is 13.4. The van der Waals surface area contributed by atoms with Gasteiger partial charge in [0.2, 0.25) is 5.82 Å². The molecule has 0 radical (unpaired) electrons. The Labute approximate surface area is 115 Å². The summed E-state index contributed by atoms with van der Waals surface area (Å²) in [6.45, 7) is 7.19. The van der Waals surface area contributed by atoms with Crippen LogP contribution < -0.4 is 10.1 Å². The summed E-state index contributed by atoms with van der Waals surface area (Å²) in [4.78, 5) is 0. The van der Waals surface area contributed by atoms with Crippen LogP contribution in [0.3, 0.4) is 0 Å². The summed E-state index contributed by atoms with van der Waals surface area (Å²) in [5.41, 5.74) is 0. The Morgan fingerprint density at radius 2 is 1.94 bits per heavy atom. The second-order valence-corrected chi connectivity index (χ2v) is 5.45. The molecule has 0 fully saturated rings. The first-order valence-electron chi connectivity index (χ1n) is 5.92. The van der Waals surface area contributed by atoms with Crippen molar-refractivity contribution in [1.82, 2.24) is 5.32 Å². The Hall–Kier alpha value is -0.680. The summed E-state index contributed by atoms with van der Waals surface area (Å²) in [7, 11) is 0. The Kier molecular flexibility index (Phi) is 6.02. The number of hydrogen-bond donors (Lipinski definition) is 1. The van der Waals surface area contributed by atoms with E-state index in [4.69, 9.17) is 4.74 Å². The molecule has 0 aliphatic heterocycles. The summed E-state index contributed by atoms with van der Waals surface area (Å²) < 4.78 is 32.1. The highest BCUT2D eigenvalue weighted by Crippen LogP contribution is 2.25. The average Bonchev–Trinajstić information content (AvgIpc) is 2.29. The molecule has 0 saturated carbocycles. The van der Waals surface area contributed by atoms with E-state index in [9.17, 15) is 8.78 Å². The minimum absolute atomic E-state index is 0.0686. The number of halogens is 3. The van der Waals surface area contributed by atoms with Gasteiger partial charge >= 0.3 is 0 Å². The minimum atomic E-state index is -0.949. The molecular weight excluding hydrogens is 304 g/mol. The minimum Gasteiger partial charge on any atom is -0.489 e. The average molecular weight is 322 g/mol. The molecule has 18 heavy (non-hydrogen) atoms. The van der Waals surface area contributed by atoms with E-state index in [2.05, 4.69) is 42.0 Å². The fourth-order valence-corrected chi connectivity index (χ4v) is 1.73. The monoisotopic (exact) mass is 321 g/mol. The zero-order chi connectivity index (χ0) is 13.7. The molecule has 0 heterocycles. The Bertz CT molecular complexity index is 399. The highest BCUT2D eigenvalue weighted by Gasteiger charge is 2.11. The van der Waals surface area contributed by atoms with Crippen LogP contribution in [-0.2, 0) is 0 Å². The van der Waals surface area contributed by atoms with Crippen LogP contribution in [0.4, 0.5) is 8.78 Å². The number of ether oxygens (including phenoxy) is 1. The van der Waals surface area contributed by atoms with Crippen molar-refractivity contribution in [1.29, 1.82) is 0 Å². The lowest BCUT2D eigenvalue weighted by atomic mass is 10.1. The van der Waals surface area contributed by atoms with Gasteiger partial charge in [0.25, 0.3) is 0 Å². The van der Waals surface area contributed by atoms with Crippen molar-refractivity contribution in [2.45, 2.75) is 26.8 Å². The molecule has 2 nitrogen and oxygen atoms in total. The number of nitrogens with one attached hydrogen (secondary N) is 1. The zero-order valence-corrected chi connectivity index (χ0v) is 12.4. The summed E-state index contributed by atoms with van der Waals surface area (Å²) in [5, 5.41) is 3.25. The van der Waals surface area contributed by atoms with Gasteiger partial charge in [0.05, 0.1) is 0 Å². The molecule has 0 aliphatic rings. The molecule has 102 valence electrons. The van der Waals surface area contributed by atoms with Gasteiger partial charge in [-0.2, -0.15) is 4.39 Å². The highest BCUT2D eigenvalue weighted by molar-refractivity contribution is 9.10. The van der Waals surface area contributed by atoms with Crippen molar-refractivity contribution in [3.05, 3.63) is 28.2 Å². The van der Waals surface area contributed by atoms with Crippen LogP contribution in [0.2, 0.25) is 0 Å². The largest absolute Gasteiger partial charge is 0.489 e. The molecule has 1 N–H and O–H groups in total. The molecule has 1 atom stereocenters. The smallest absolute Gasteiger partial charge is 0.200 e. The van der Waals surface area contributed by atoms with Crippen molar-refractivity contribution in [2.24, 2.45) is 5.92 Å². The molecule has 0 amide bonds. The van der Waals surface area contributed by atoms with Crippen LogP contribution in [0.1, 0.15) is 20.8 Å². The Morgan fingerprint density at radius 3 is 2.56 bits per heavy atom.